The van der Waals surface area contributed by atoms with Crippen molar-refractivity contribution in [3.63, 3.8) is 0 Å². The number of ether oxygens (including phenoxy) is 2. The molecule has 0 unspecified atom stereocenters. The molecule has 88 valence electrons. The third-order valence-electron chi connectivity index (χ3n) is 2.47. The molecule has 5 heteroatoms. The molecule has 1 aliphatic heterocycles. The first-order chi connectivity index (χ1) is 8.25. The minimum atomic E-state index is 0.636. The molecule has 0 fully saturated rings. The lowest BCUT2D eigenvalue weighted by atomic mass is 10.2. The van der Waals surface area contributed by atoms with Crippen molar-refractivity contribution in [2.45, 2.75) is 0 Å². The van der Waals surface area contributed by atoms with E-state index < -0.39 is 0 Å². The number of hydrogen-bond acceptors (Lipinski definition) is 3. The second-order valence-corrected chi connectivity index (χ2v) is 7.64. The fourth-order valence-electron chi connectivity index (χ4n) is 1.71. The van der Waals surface area contributed by atoms with Gasteiger partial charge in [-0.1, -0.05) is 12.1 Å². The van der Waals surface area contributed by atoms with E-state index in [1.54, 1.807) is 11.3 Å². The molecular formula is C12H8I2O2S. The van der Waals surface area contributed by atoms with E-state index in [0.29, 0.717) is 13.2 Å². The Hall–Kier alpha value is -0.0200. The number of thiophene rings is 1. The normalized spacial score (nSPS) is 13.8. The van der Waals surface area contributed by atoms with Crippen molar-refractivity contribution in [3.05, 3.63) is 30.7 Å². The van der Waals surface area contributed by atoms with Gasteiger partial charge in [-0.05, 0) is 62.9 Å². The van der Waals surface area contributed by atoms with Crippen LogP contribution in [-0.2, 0) is 0 Å². The summed E-state index contributed by atoms with van der Waals surface area (Å²) in [6, 6.07) is 8.47. The van der Waals surface area contributed by atoms with Crippen molar-refractivity contribution in [2.75, 3.05) is 13.2 Å². The van der Waals surface area contributed by atoms with Crippen LogP contribution >= 0.6 is 56.5 Å². The van der Waals surface area contributed by atoms with Crippen LogP contribution in [0.4, 0.5) is 0 Å². The molecule has 0 aliphatic carbocycles. The molecule has 0 bridgehead atoms. The van der Waals surface area contributed by atoms with Crippen molar-refractivity contribution >= 4 is 56.5 Å². The van der Waals surface area contributed by atoms with E-state index >= 15 is 0 Å². The number of benzene rings is 1. The van der Waals surface area contributed by atoms with Crippen molar-refractivity contribution in [1.82, 2.24) is 0 Å². The van der Waals surface area contributed by atoms with Gasteiger partial charge in [0.05, 0.1) is 4.88 Å². The maximum absolute atomic E-state index is 5.74. The summed E-state index contributed by atoms with van der Waals surface area (Å²) < 4.78 is 13.8. The Labute approximate surface area is 131 Å². The highest BCUT2D eigenvalue weighted by atomic mass is 127. The Balaban J connectivity index is 2.11. The summed E-state index contributed by atoms with van der Waals surface area (Å²) in [5.41, 5.74) is 1.19. The average molecular weight is 470 g/mol. The molecule has 2 heterocycles. The minimum Gasteiger partial charge on any atom is -0.485 e. The van der Waals surface area contributed by atoms with Crippen LogP contribution in [0.15, 0.2) is 24.3 Å². The van der Waals surface area contributed by atoms with Gasteiger partial charge < -0.3 is 9.47 Å². The zero-order chi connectivity index (χ0) is 11.8. The molecule has 0 amide bonds. The molecule has 2 aromatic rings. The van der Waals surface area contributed by atoms with Gasteiger partial charge in [-0.2, -0.15) is 0 Å². The van der Waals surface area contributed by atoms with Crippen LogP contribution in [0.5, 0.6) is 11.5 Å². The second kappa shape index (κ2) is 4.93. The molecular weight excluding hydrogens is 462 g/mol. The maximum atomic E-state index is 5.74. The lowest BCUT2D eigenvalue weighted by Crippen LogP contribution is -2.14. The molecule has 0 saturated carbocycles. The van der Waals surface area contributed by atoms with E-state index in [9.17, 15) is 0 Å². The summed E-state index contributed by atoms with van der Waals surface area (Å²) in [5.74, 6) is 1.82. The first-order valence-corrected chi connectivity index (χ1v) is 8.07. The minimum absolute atomic E-state index is 0.636. The monoisotopic (exact) mass is 470 g/mol. The fraction of sp³-hybridized carbons (Fsp3) is 0.167. The van der Waals surface area contributed by atoms with Crippen LogP contribution < -0.4 is 9.47 Å². The predicted molar refractivity (Wildman–Crippen MR) is 86.2 cm³/mol. The quantitative estimate of drug-likeness (QED) is 0.576. The summed E-state index contributed by atoms with van der Waals surface area (Å²) in [4.78, 5) is 1.17. The van der Waals surface area contributed by atoms with Crippen LogP contribution in [-0.4, -0.2) is 13.2 Å². The van der Waals surface area contributed by atoms with Gasteiger partial charge in [-0.3, -0.25) is 0 Å². The Morgan fingerprint density at radius 1 is 0.941 bits per heavy atom. The Morgan fingerprint density at radius 2 is 1.59 bits per heavy atom. The molecule has 0 atom stereocenters. The third-order valence-corrected chi connectivity index (χ3v) is 5.32. The summed E-state index contributed by atoms with van der Waals surface area (Å²) in [5, 5.41) is 0. The van der Waals surface area contributed by atoms with Crippen molar-refractivity contribution in [1.29, 1.82) is 0 Å². The molecule has 0 N–H and O–H groups in total. The standard InChI is InChI=1S/C12H8I2O2S/c13-8-3-1-7(2-4-8)11-9-10(12(14)17-11)16-6-5-15-9/h1-4H,5-6H2. The first kappa shape index (κ1) is 12.0. The van der Waals surface area contributed by atoms with Crippen LogP contribution in [0.3, 0.4) is 0 Å². The molecule has 0 spiro atoms. The van der Waals surface area contributed by atoms with Gasteiger partial charge in [-0.15, -0.1) is 11.3 Å². The highest BCUT2D eigenvalue weighted by Crippen LogP contribution is 2.49. The van der Waals surface area contributed by atoms with Crippen molar-refractivity contribution in [2.24, 2.45) is 0 Å². The summed E-state index contributed by atoms with van der Waals surface area (Å²) in [6.07, 6.45) is 0. The summed E-state index contributed by atoms with van der Waals surface area (Å²) in [6.45, 7) is 1.28. The molecule has 2 nitrogen and oxygen atoms in total. The van der Waals surface area contributed by atoms with Gasteiger partial charge in [0.1, 0.15) is 16.1 Å². The highest BCUT2D eigenvalue weighted by molar-refractivity contribution is 14.1. The molecule has 1 aromatic heterocycles. The molecule has 1 aromatic carbocycles. The Bertz CT molecular complexity index is 548. The zero-order valence-electron chi connectivity index (χ0n) is 8.70. The van der Waals surface area contributed by atoms with Crippen LogP contribution in [0, 0.1) is 6.45 Å². The smallest absolute Gasteiger partial charge is 0.186 e. The van der Waals surface area contributed by atoms with E-state index in [4.69, 9.17) is 9.47 Å². The molecule has 0 saturated heterocycles. The largest absolute Gasteiger partial charge is 0.485 e. The van der Waals surface area contributed by atoms with E-state index in [2.05, 4.69) is 69.4 Å². The lowest BCUT2D eigenvalue weighted by Gasteiger charge is -2.16. The lowest BCUT2D eigenvalue weighted by molar-refractivity contribution is 0.173. The second-order valence-electron chi connectivity index (χ2n) is 3.57. The van der Waals surface area contributed by atoms with Gasteiger partial charge in [-0.25, -0.2) is 0 Å². The van der Waals surface area contributed by atoms with Crippen molar-refractivity contribution < 1.29 is 9.47 Å². The molecule has 1 aliphatic rings. The number of rotatable bonds is 1. The molecule has 3 rings (SSSR count). The van der Waals surface area contributed by atoms with Crippen LogP contribution in [0.25, 0.3) is 10.4 Å². The van der Waals surface area contributed by atoms with Crippen molar-refractivity contribution in [3.8, 4) is 21.9 Å². The fourth-order valence-corrected chi connectivity index (χ4v) is 4.05. The van der Waals surface area contributed by atoms with E-state index in [-0.39, 0.29) is 0 Å². The predicted octanol–water partition coefficient (Wildman–Crippen LogP) is 4.40. The van der Waals surface area contributed by atoms with Crippen LogP contribution in [0.1, 0.15) is 0 Å². The van der Waals surface area contributed by atoms with Gasteiger partial charge >= 0.3 is 0 Å². The SMILES string of the molecule is Ic1ccc(-c2sc(I)c3c2OCCO3)cc1. The van der Waals surface area contributed by atoms with Gasteiger partial charge in [0, 0.05) is 3.57 Å². The van der Waals surface area contributed by atoms with Gasteiger partial charge in [0.2, 0.25) is 0 Å². The number of hydrogen-bond donors (Lipinski definition) is 0. The summed E-state index contributed by atoms with van der Waals surface area (Å²) >= 11 is 6.34. The number of halogens is 2. The maximum Gasteiger partial charge on any atom is 0.186 e. The third kappa shape index (κ3) is 2.28. The topological polar surface area (TPSA) is 18.5 Å². The number of fused-ring (bicyclic) bond motifs is 1. The summed E-state index contributed by atoms with van der Waals surface area (Å²) in [7, 11) is 0. The Kier molecular flexibility index (Phi) is 3.49. The highest BCUT2D eigenvalue weighted by Gasteiger charge is 2.23. The van der Waals surface area contributed by atoms with E-state index in [1.165, 1.54) is 14.0 Å². The van der Waals surface area contributed by atoms with E-state index in [1.807, 2.05) is 0 Å². The average Bonchev–Trinajstić information content (AvgIpc) is 2.69. The molecule has 17 heavy (non-hydrogen) atoms. The Morgan fingerprint density at radius 3 is 2.29 bits per heavy atom. The van der Waals surface area contributed by atoms with Gasteiger partial charge in [0.15, 0.2) is 11.5 Å². The van der Waals surface area contributed by atoms with Gasteiger partial charge in [0.25, 0.3) is 0 Å². The first-order valence-electron chi connectivity index (χ1n) is 5.09. The zero-order valence-corrected chi connectivity index (χ0v) is 13.8. The van der Waals surface area contributed by atoms with Crippen LogP contribution in [0.2, 0.25) is 0 Å². The van der Waals surface area contributed by atoms with E-state index in [0.717, 1.165) is 14.4 Å². The molecule has 0 radical (unpaired) electrons.